The first-order valence-electron chi connectivity index (χ1n) is 8.03. The van der Waals surface area contributed by atoms with Gasteiger partial charge in [0.05, 0.1) is 6.10 Å². The fraction of sp³-hybridized carbons (Fsp3) is 0.474. The number of aliphatic hydroxyl groups is 1. The quantitative estimate of drug-likeness (QED) is 0.925. The molecular weight excluding hydrogens is 258 g/mol. The molecule has 1 aliphatic rings. The average Bonchev–Trinajstić information content (AvgIpc) is 2.50. The fourth-order valence-electron chi connectivity index (χ4n) is 3.40. The molecule has 2 nitrogen and oxygen atoms in total. The molecule has 0 aliphatic carbocycles. The largest absolute Gasteiger partial charge is 0.387 e. The molecule has 1 saturated heterocycles. The van der Waals surface area contributed by atoms with Gasteiger partial charge in [0.25, 0.3) is 0 Å². The SMILES string of the molecule is CC1CCN(CC(O)c2cccc3ccccc23)CC1C. The van der Waals surface area contributed by atoms with Crippen molar-refractivity contribution in [2.45, 2.75) is 26.4 Å². The Balaban J connectivity index is 1.77. The molecule has 1 aliphatic heterocycles. The maximum atomic E-state index is 10.7. The van der Waals surface area contributed by atoms with Crippen LogP contribution in [0.5, 0.6) is 0 Å². The first kappa shape index (κ1) is 14.6. The van der Waals surface area contributed by atoms with Gasteiger partial charge in [-0.1, -0.05) is 56.3 Å². The first-order valence-corrected chi connectivity index (χ1v) is 8.03. The van der Waals surface area contributed by atoms with E-state index in [-0.39, 0.29) is 0 Å². The van der Waals surface area contributed by atoms with E-state index in [0.717, 1.165) is 37.0 Å². The highest BCUT2D eigenvalue weighted by atomic mass is 16.3. The molecule has 3 unspecified atom stereocenters. The lowest BCUT2D eigenvalue weighted by molar-refractivity contribution is 0.0712. The van der Waals surface area contributed by atoms with Crippen LogP contribution in [-0.2, 0) is 0 Å². The highest BCUT2D eigenvalue weighted by molar-refractivity contribution is 5.85. The van der Waals surface area contributed by atoms with Crippen molar-refractivity contribution in [3.05, 3.63) is 48.0 Å². The predicted molar refractivity (Wildman–Crippen MR) is 88.3 cm³/mol. The van der Waals surface area contributed by atoms with E-state index in [1.807, 2.05) is 18.2 Å². The first-order chi connectivity index (χ1) is 10.1. The Morgan fingerprint density at radius 3 is 2.67 bits per heavy atom. The Bertz CT molecular complexity index is 604. The Hall–Kier alpha value is -1.38. The molecule has 1 heterocycles. The van der Waals surface area contributed by atoms with E-state index < -0.39 is 6.10 Å². The van der Waals surface area contributed by atoms with Crippen molar-refractivity contribution < 1.29 is 5.11 Å². The van der Waals surface area contributed by atoms with Gasteiger partial charge in [0, 0.05) is 13.1 Å². The van der Waals surface area contributed by atoms with Gasteiger partial charge in [-0.3, -0.25) is 0 Å². The van der Waals surface area contributed by atoms with Crippen LogP contribution in [0.1, 0.15) is 31.9 Å². The number of hydrogen-bond acceptors (Lipinski definition) is 2. The van der Waals surface area contributed by atoms with Crippen molar-refractivity contribution in [1.82, 2.24) is 4.90 Å². The maximum Gasteiger partial charge on any atom is 0.0922 e. The molecule has 0 spiro atoms. The lowest BCUT2D eigenvalue weighted by Gasteiger charge is -2.36. The van der Waals surface area contributed by atoms with Gasteiger partial charge in [0.1, 0.15) is 0 Å². The summed E-state index contributed by atoms with van der Waals surface area (Å²) in [5.74, 6) is 1.52. The molecule has 0 aromatic heterocycles. The molecule has 0 saturated carbocycles. The molecule has 3 rings (SSSR count). The van der Waals surface area contributed by atoms with Crippen molar-refractivity contribution in [2.75, 3.05) is 19.6 Å². The second kappa shape index (κ2) is 6.17. The number of likely N-dealkylation sites (tertiary alicyclic amines) is 1. The molecule has 112 valence electrons. The van der Waals surface area contributed by atoms with Gasteiger partial charge in [-0.25, -0.2) is 0 Å². The lowest BCUT2D eigenvalue weighted by Crippen LogP contribution is -2.40. The molecule has 21 heavy (non-hydrogen) atoms. The molecule has 0 amide bonds. The summed E-state index contributed by atoms with van der Waals surface area (Å²) in [5, 5.41) is 13.1. The molecule has 1 N–H and O–H groups in total. The van der Waals surface area contributed by atoms with Crippen LogP contribution >= 0.6 is 0 Å². The minimum absolute atomic E-state index is 0.406. The van der Waals surface area contributed by atoms with Crippen molar-refractivity contribution in [1.29, 1.82) is 0 Å². The van der Waals surface area contributed by atoms with Crippen LogP contribution in [0, 0.1) is 11.8 Å². The van der Waals surface area contributed by atoms with Crippen LogP contribution in [0.4, 0.5) is 0 Å². The number of fused-ring (bicyclic) bond motifs is 1. The summed E-state index contributed by atoms with van der Waals surface area (Å²) >= 11 is 0. The molecule has 0 bridgehead atoms. The van der Waals surface area contributed by atoms with Gasteiger partial charge in [-0.05, 0) is 41.1 Å². The maximum absolute atomic E-state index is 10.7. The zero-order chi connectivity index (χ0) is 14.8. The molecule has 2 aromatic rings. The second-order valence-electron chi connectivity index (χ2n) is 6.59. The zero-order valence-electron chi connectivity index (χ0n) is 13.0. The van der Waals surface area contributed by atoms with Gasteiger partial charge < -0.3 is 10.0 Å². The minimum Gasteiger partial charge on any atom is -0.387 e. The van der Waals surface area contributed by atoms with E-state index in [1.165, 1.54) is 17.2 Å². The van der Waals surface area contributed by atoms with E-state index in [9.17, 15) is 5.11 Å². The fourth-order valence-corrected chi connectivity index (χ4v) is 3.40. The van der Waals surface area contributed by atoms with E-state index >= 15 is 0 Å². The normalized spacial score (nSPS) is 25.1. The molecule has 0 radical (unpaired) electrons. The second-order valence-corrected chi connectivity index (χ2v) is 6.59. The van der Waals surface area contributed by atoms with Crippen LogP contribution in [0.25, 0.3) is 10.8 Å². The van der Waals surface area contributed by atoms with E-state index in [4.69, 9.17) is 0 Å². The highest BCUT2D eigenvalue weighted by Gasteiger charge is 2.24. The van der Waals surface area contributed by atoms with E-state index in [2.05, 4.69) is 43.0 Å². The minimum atomic E-state index is -0.406. The summed E-state index contributed by atoms with van der Waals surface area (Å²) in [4.78, 5) is 2.41. The zero-order valence-corrected chi connectivity index (χ0v) is 13.0. The third kappa shape index (κ3) is 3.12. The lowest BCUT2D eigenvalue weighted by atomic mass is 9.88. The molecule has 1 fully saturated rings. The van der Waals surface area contributed by atoms with E-state index in [1.54, 1.807) is 0 Å². The van der Waals surface area contributed by atoms with Gasteiger partial charge in [-0.2, -0.15) is 0 Å². The summed E-state index contributed by atoms with van der Waals surface area (Å²) in [7, 11) is 0. The summed E-state index contributed by atoms with van der Waals surface area (Å²) in [6.45, 7) is 7.60. The van der Waals surface area contributed by atoms with Gasteiger partial charge in [0.2, 0.25) is 0 Å². The highest BCUT2D eigenvalue weighted by Crippen LogP contribution is 2.27. The molecule has 2 aromatic carbocycles. The number of piperidine rings is 1. The summed E-state index contributed by atoms with van der Waals surface area (Å²) in [6.07, 6.45) is 0.834. The van der Waals surface area contributed by atoms with Crippen molar-refractivity contribution in [3.8, 4) is 0 Å². The number of hydrogen-bond donors (Lipinski definition) is 1. The Labute approximate surface area is 127 Å². The number of rotatable bonds is 3. The smallest absolute Gasteiger partial charge is 0.0922 e. The Morgan fingerprint density at radius 1 is 1.10 bits per heavy atom. The summed E-state index contributed by atoms with van der Waals surface area (Å²) < 4.78 is 0. The van der Waals surface area contributed by atoms with Crippen molar-refractivity contribution >= 4 is 10.8 Å². The Morgan fingerprint density at radius 2 is 1.86 bits per heavy atom. The third-order valence-electron chi connectivity index (χ3n) is 5.03. The summed E-state index contributed by atoms with van der Waals surface area (Å²) in [6, 6.07) is 14.5. The number of nitrogens with zero attached hydrogens (tertiary/aromatic N) is 1. The third-order valence-corrected chi connectivity index (χ3v) is 5.03. The van der Waals surface area contributed by atoms with Gasteiger partial charge in [-0.15, -0.1) is 0 Å². The molecular formula is C19H25NO. The predicted octanol–water partition coefficient (Wildman–Crippen LogP) is 3.85. The number of benzene rings is 2. The van der Waals surface area contributed by atoms with Gasteiger partial charge in [0.15, 0.2) is 0 Å². The van der Waals surface area contributed by atoms with Crippen molar-refractivity contribution in [3.63, 3.8) is 0 Å². The van der Waals surface area contributed by atoms with Crippen LogP contribution in [0.2, 0.25) is 0 Å². The van der Waals surface area contributed by atoms with Crippen LogP contribution < -0.4 is 0 Å². The van der Waals surface area contributed by atoms with Gasteiger partial charge >= 0.3 is 0 Å². The Kier molecular flexibility index (Phi) is 4.27. The standard InChI is InChI=1S/C19H25NO/c1-14-10-11-20(12-15(14)2)13-19(21)18-9-5-7-16-6-3-4-8-17(16)18/h3-9,14-15,19,21H,10-13H2,1-2H3. The summed E-state index contributed by atoms with van der Waals surface area (Å²) in [5.41, 5.74) is 1.05. The number of aliphatic hydroxyl groups excluding tert-OH is 1. The van der Waals surface area contributed by atoms with Crippen molar-refractivity contribution in [2.24, 2.45) is 11.8 Å². The monoisotopic (exact) mass is 283 g/mol. The molecule has 2 heteroatoms. The topological polar surface area (TPSA) is 23.5 Å². The van der Waals surface area contributed by atoms with Crippen LogP contribution in [0.3, 0.4) is 0 Å². The van der Waals surface area contributed by atoms with Crippen LogP contribution in [-0.4, -0.2) is 29.6 Å². The number of β-amino-alcohol motifs (C(OH)–C–C–N with tert-alkyl or cyclic N) is 1. The van der Waals surface area contributed by atoms with Crippen LogP contribution in [0.15, 0.2) is 42.5 Å². The molecule has 3 atom stereocenters. The average molecular weight is 283 g/mol. The van der Waals surface area contributed by atoms with E-state index in [0.29, 0.717) is 0 Å².